The lowest BCUT2D eigenvalue weighted by atomic mass is 10.1. The monoisotopic (exact) mass is 174 g/mol. The van der Waals surface area contributed by atoms with E-state index in [0.29, 0.717) is 5.56 Å². The topological polar surface area (TPSA) is 60.7 Å². The van der Waals surface area contributed by atoms with Gasteiger partial charge in [-0.25, -0.2) is 0 Å². The summed E-state index contributed by atoms with van der Waals surface area (Å²) < 4.78 is 0. The lowest BCUT2D eigenvalue weighted by Crippen LogP contribution is -2.21. The molecule has 0 fully saturated rings. The highest BCUT2D eigenvalue weighted by Crippen LogP contribution is 2.18. The summed E-state index contributed by atoms with van der Waals surface area (Å²) >= 11 is 1.44. The van der Waals surface area contributed by atoms with E-state index in [4.69, 9.17) is 10.2 Å². The smallest absolute Gasteiger partial charge is 0.108 e. The van der Waals surface area contributed by atoms with Gasteiger partial charge in [0.2, 0.25) is 0 Å². The van der Waals surface area contributed by atoms with Gasteiger partial charge in [-0.1, -0.05) is 0 Å². The molecule has 0 radical (unpaired) electrons. The Morgan fingerprint density at radius 3 is 2.64 bits per heavy atom. The maximum atomic E-state index is 9.27. The van der Waals surface area contributed by atoms with Gasteiger partial charge in [0.15, 0.2) is 0 Å². The number of aliphatic hydroxyl groups is 3. The van der Waals surface area contributed by atoms with Gasteiger partial charge in [-0.05, 0) is 22.4 Å². The molecular formula is C7H10O3S. The average Bonchev–Trinajstić information content (AvgIpc) is 2.53. The fourth-order valence-electron chi connectivity index (χ4n) is 0.765. The van der Waals surface area contributed by atoms with Crippen LogP contribution in [0.4, 0.5) is 0 Å². The van der Waals surface area contributed by atoms with E-state index in [9.17, 15) is 5.11 Å². The number of thiophene rings is 1. The largest absolute Gasteiger partial charge is 0.394 e. The number of rotatable bonds is 3. The minimum absolute atomic E-state index is 0.420. The Bertz CT molecular complexity index is 197. The van der Waals surface area contributed by atoms with Gasteiger partial charge < -0.3 is 15.3 Å². The standard InChI is InChI=1S/C7H10O3S/c8-3-6(9)7(10)5-1-2-11-4-5/h1-2,4,6-10H,3H2. The molecule has 0 aromatic carbocycles. The van der Waals surface area contributed by atoms with Gasteiger partial charge in [0.1, 0.15) is 12.2 Å². The molecule has 0 aliphatic rings. The molecule has 3 N–H and O–H groups in total. The second-order valence-electron chi connectivity index (χ2n) is 2.25. The van der Waals surface area contributed by atoms with E-state index < -0.39 is 18.8 Å². The fourth-order valence-corrected chi connectivity index (χ4v) is 1.45. The molecule has 0 spiro atoms. The van der Waals surface area contributed by atoms with Crippen molar-refractivity contribution >= 4 is 11.3 Å². The summed E-state index contributed by atoms with van der Waals surface area (Å²) in [4.78, 5) is 0. The van der Waals surface area contributed by atoms with Gasteiger partial charge in [-0.2, -0.15) is 11.3 Å². The Hall–Kier alpha value is -0.420. The number of aliphatic hydroxyl groups excluding tert-OH is 3. The van der Waals surface area contributed by atoms with E-state index in [1.807, 2.05) is 5.38 Å². The van der Waals surface area contributed by atoms with Crippen LogP contribution in [-0.4, -0.2) is 28.0 Å². The first-order chi connectivity index (χ1) is 5.25. The first-order valence-electron chi connectivity index (χ1n) is 3.24. The second-order valence-corrected chi connectivity index (χ2v) is 3.03. The van der Waals surface area contributed by atoms with Crippen LogP contribution in [-0.2, 0) is 0 Å². The van der Waals surface area contributed by atoms with Crippen LogP contribution in [0.1, 0.15) is 11.7 Å². The van der Waals surface area contributed by atoms with E-state index in [-0.39, 0.29) is 0 Å². The Morgan fingerprint density at radius 1 is 1.45 bits per heavy atom. The predicted molar refractivity (Wildman–Crippen MR) is 42.4 cm³/mol. The summed E-state index contributed by atoms with van der Waals surface area (Å²) in [5.41, 5.74) is 0.650. The van der Waals surface area contributed by atoms with Crippen molar-refractivity contribution in [3.8, 4) is 0 Å². The molecule has 2 unspecified atom stereocenters. The van der Waals surface area contributed by atoms with Gasteiger partial charge >= 0.3 is 0 Å². The molecule has 1 aromatic rings. The predicted octanol–water partition coefficient (Wildman–Crippen LogP) is 0.135. The van der Waals surface area contributed by atoms with E-state index >= 15 is 0 Å². The molecule has 0 bridgehead atoms. The molecule has 11 heavy (non-hydrogen) atoms. The van der Waals surface area contributed by atoms with Crippen molar-refractivity contribution < 1.29 is 15.3 Å². The minimum Gasteiger partial charge on any atom is -0.394 e. The summed E-state index contributed by atoms with van der Waals surface area (Å²) in [5, 5.41) is 30.3. The molecule has 62 valence electrons. The maximum absolute atomic E-state index is 9.27. The minimum atomic E-state index is -1.08. The lowest BCUT2D eigenvalue weighted by molar-refractivity contribution is -0.0150. The first kappa shape index (κ1) is 8.67. The van der Waals surface area contributed by atoms with E-state index in [0.717, 1.165) is 0 Å². The summed E-state index contributed by atoms with van der Waals surface area (Å²) in [5.74, 6) is 0. The SMILES string of the molecule is OCC(O)C(O)c1ccsc1. The molecule has 0 saturated carbocycles. The zero-order chi connectivity index (χ0) is 8.27. The zero-order valence-corrected chi connectivity index (χ0v) is 6.66. The third-order valence-corrected chi connectivity index (χ3v) is 2.14. The van der Waals surface area contributed by atoms with Crippen molar-refractivity contribution in [2.45, 2.75) is 12.2 Å². The molecule has 2 atom stereocenters. The van der Waals surface area contributed by atoms with Crippen LogP contribution in [0.25, 0.3) is 0 Å². The van der Waals surface area contributed by atoms with Crippen molar-refractivity contribution in [3.05, 3.63) is 22.4 Å². The summed E-state index contributed by atoms with van der Waals surface area (Å²) in [6.07, 6.45) is -2.05. The Kier molecular flexibility index (Phi) is 3.02. The Labute approximate surface area is 68.5 Å². The molecule has 0 aliphatic carbocycles. The first-order valence-corrected chi connectivity index (χ1v) is 4.19. The van der Waals surface area contributed by atoms with Crippen LogP contribution < -0.4 is 0 Å². The maximum Gasteiger partial charge on any atom is 0.108 e. The van der Waals surface area contributed by atoms with Gasteiger partial charge in [0.25, 0.3) is 0 Å². The van der Waals surface area contributed by atoms with E-state index in [2.05, 4.69) is 0 Å². The average molecular weight is 174 g/mol. The molecule has 0 aliphatic heterocycles. The van der Waals surface area contributed by atoms with Crippen molar-refractivity contribution in [2.75, 3.05) is 6.61 Å². The highest BCUT2D eigenvalue weighted by Gasteiger charge is 2.16. The molecule has 1 rings (SSSR count). The summed E-state index contributed by atoms with van der Waals surface area (Å²) in [6.45, 7) is -0.420. The normalized spacial score (nSPS) is 16.3. The zero-order valence-electron chi connectivity index (χ0n) is 5.84. The van der Waals surface area contributed by atoms with Gasteiger partial charge in [-0.15, -0.1) is 0 Å². The third-order valence-electron chi connectivity index (χ3n) is 1.44. The van der Waals surface area contributed by atoms with Crippen molar-refractivity contribution in [3.63, 3.8) is 0 Å². The van der Waals surface area contributed by atoms with Gasteiger partial charge in [0, 0.05) is 0 Å². The molecule has 4 heteroatoms. The molecule has 3 nitrogen and oxygen atoms in total. The van der Waals surface area contributed by atoms with Crippen LogP contribution in [0, 0.1) is 0 Å². The van der Waals surface area contributed by atoms with Crippen LogP contribution in [0.3, 0.4) is 0 Å². The van der Waals surface area contributed by atoms with Crippen molar-refractivity contribution in [1.82, 2.24) is 0 Å². The quantitative estimate of drug-likeness (QED) is 0.610. The summed E-state index contributed by atoms with van der Waals surface area (Å²) in [7, 11) is 0. The molecule has 0 saturated heterocycles. The van der Waals surface area contributed by atoms with Gasteiger partial charge in [0.05, 0.1) is 6.61 Å². The lowest BCUT2D eigenvalue weighted by Gasteiger charge is -2.13. The van der Waals surface area contributed by atoms with Crippen LogP contribution in [0.5, 0.6) is 0 Å². The van der Waals surface area contributed by atoms with Crippen LogP contribution in [0.15, 0.2) is 16.8 Å². The van der Waals surface area contributed by atoms with Crippen LogP contribution in [0.2, 0.25) is 0 Å². The third kappa shape index (κ3) is 2.00. The number of hydrogen-bond donors (Lipinski definition) is 3. The van der Waals surface area contributed by atoms with E-state index in [1.54, 1.807) is 11.4 Å². The molecular weight excluding hydrogens is 164 g/mol. The van der Waals surface area contributed by atoms with Crippen LogP contribution >= 0.6 is 11.3 Å². The molecule has 1 heterocycles. The molecule has 0 amide bonds. The van der Waals surface area contributed by atoms with Crippen molar-refractivity contribution in [1.29, 1.82) is 0 Å². The second kappa shape index (κ2) is 3.82. The highest BCUT2D eigenvalue weighted by atomic mass is 32.1. The van der Waals surface area contributed by atoms with E-state index in [1.165, 1.54) is 11.3 Å². The highest BCUT2D eigenvalue weighted by molar-refractivity contribution is 7.07. The Morgan fingerprint density at radius 2 is 2.18 bits per heavy atom. The van der Waals surface area contributed by atoms with Crippen molar-refractivity contribution in [2.24, 2.45) is 0 Å². The molecule has 1 aromatic heterocycles. The Balaban J connectivity index is 2.62. The fraction of sp³-hybridized carbons (Fsp3) is 0.429. The summed E-state index contributed by atoms with van der Waals surface area (Å²) in [6, 6.07) is 1.72. The van der Waals surface area contributed by atoms with Gasteiger partial charge in [-0.3, -0.25) is 0 Å². The number of hydrogen-bond acceptors (Lipinski definition) is 4.